The second kappa shape index (κ2) is 8.58. The molecule has 0 aliphatic heterocycles. The molecule has 0 amide bonds. The van der Waals surface area contributed by atoms with Gasteiger partial charge in [0, 0.05) is 0 Å². The maximum Gasteiger partial charge on any atom is -0.0353 e. The predicted molar refractivity (Wildman–Crippen MR) is 57.3 cm³/mol. The van der Waals surface area contributed by atoms with Crippen LogP contribution in [0.5, 0.6) is 0 Å². The van der Waals surface area contributed by atoms with Gasteiger partial charge in [0.15, 0.2) is 0 Å². The van der Waals surface area contributed by atoms with E-state index in [2.05, 4.69) is 20.1 Å². The lowest BCUT2D eigenvalue weighted by atomic mass is 9.98. The molecule has 0 bridgehead atoms. The largest absolute Gasteiger partial charge is 0.103 e. The van der Waals surface area contributed by atoms with Gasteiger partial charge in [0.2, 0.25) is 0 Å². The molecule has 0 fully saturated rings. The molecule has 0 nitrogen and oxygen atoms in total. The fraction of sp³-hybridized carbons (Fsp3) is 0.667. The van der Waals surface area contributed by atoms with E-state index in [4.69, 9.17) is 0 Å². The van der Waals surface area contributed by atoms with Gasteiger partial charge in [-0.3, -0.25) is 0 Å². The highest BCUT2D eigenvalue weighted by molar-refractivity contribution is 4.69. The first-order valence-corrected chi connectivity index (χ1v) is 5.03. The van der Waals surface area contributed by atoms with Crippen molar-refractivity contribution in [2.45, 2.75) is 45.4 Å². The summed E-state index contributed by atoms with van der Waals surface area (Å²) < 4.78 is 0. The van der Waals surface area contributed by atoms with Crippen LogP contribution >= 0.6 is 0 Å². The molecule has 0 saturated heterocycles. The second-order valence-electron chi connectivity index (χ2n) is 3.54. The molecule has 0 aromatic heterocycles. The molecule has 12 heavy (non-hydrogen) atoms. The van der Waals surface area contributed by atoms with Crippen LogP contribution in [0, 0.1) is 5.92 Å². The first-order chi connectivity index (χ1) is 5.81. The molecule has 0 unspecified atom stereocenters. The Hall–Kier alpha value is -0.520. The number of hydrogen-bond acceptors (Lipinski definition) is 0. The zero-order valence-corrected chi connectivity index (χ0v) is 8.39. The maximum atomic E-state index is 3.72. The van der Waals surface area contributed by atoms with E-state index in [1.807, 2.05) is 12.2 Å². The smallest absolute Gasteiger partial charge is 0.0353 e. The summed E-state index contributed by atoms with van der Waals surface area (Å²) in [5.41, 5.74) is 0. The van der Waals surface area contributed by atoms with E-state index in [0.717, 1.165) is 5.92 Å². The highest BCUT2D eigenvalue weighted by Gasteiger charge is 1.99. The normalized spacial score (nSPS) is 10.2. The molecule has 0 saturated carbocycles. The average molecular weight is 166 g/mol. The van der Waals surface area contributed by atoms with Crippen molar-refractivity contribution in [3.63, 3.8) is 0 Å². The number of hydrogen-bond donors (Lipinski definition) is 0. The standard InChI is InChI=1S/C12H22/c1-4-6-8-10-12(3)11-9-7-5-2/h4-5,12H,1-2,6-11H2,3H3. The molecule has 0 aromatic carbocycles. The predicted octanol–water partition coefficient (Wildman–Crippen LogP) is 4.34. The van der Waals surface area contributed by atoms with Gasteiger partial charge in [-0.05, 0) is 31.6 Å². The summed E-state index contributed by atoms with van der Waals surface area (Å²) >= 11 is 0. The SMILES string of the molecule is C=CCCCC(C)CCCC=C. The lowest BCUT2D eigenvalue weighted by molar-refractivity contribution is 0.464. The van der Waals surface area contributed by atoms with E-state index < -0.39 is 0 Å². The fourth-order valence-corrected chi connectivity index (χ4v) is 1.37. The van der Waals surface area contributed by atoms with Crippen LogP contribution in [0.1, 0.15) is 45.4 Å². The zero-order chi connectivity index (χ0) is 9.23. The Morgan fingerprint density at radius 3 is 1.75 bits per heavy atom. The van der Waals surface area contributed by atoms with Gasteiger partial charge in [0.05, 0.1) is 0 Å². The summed E-state index contributed by atoms with van der Waals surface area (Å²) in [7, 11) is 0. The van der Waals surface area contributed by atoms with Gasteiger partial charge in [0.25, 0.3) is 0 Å². The van der Waals surface area contributed by atoms with Gasteiger partial charge in [0.1, 0.15) is 0 Å². The van der Waals surface area contributed by atoms with Crippen molar-refractivity contribution in [2.24, 2.45) is 5.92 Å². The topological polar surface area (TPSA) is 0 Å². The molecule has 0 radical (unpaired) electrons. The Morgan fingerprint density at radius 2 is 1.42 bits per heavy atom. The Labute approximate surface area is 77.4 Å². The van der Waals surface area contributed by atoms with E-state index in [1.54, 1.807) is 0 Å². The molecule has 0 aliphatic rings. The molecule has 0 spiro atoms. The van der Waals surface area contributed by atoms with Gasteiger partial charge >= 0.3 is 0 Å². The van der Waals surface area contributed by atoms with Crippen LogP contribution < -0.4 is 0 Å². The molecule has 70 valence electrons. The highest BCUT2D eigenvalue weighted by atomic mass is 14.1. The highest BCUT2D eigenvalue weighted by Crippen LogP contribution is 2.15. The van der Waals surface area contributed by atoms with Gasteiger partial charge in [-0.25, -0.2) is 0 Å². The lowest BCUT2D eigenvalue weighted by Gasteiger charge is -2.08. The van der Waals surface area contributed by atoms with E-state index in [-0.39, 0.29) is 0 Å². The summed E-state index contributed by atoms with van der Waals surface area (Å²) in [6.07, 6.45) is 11.7. The molecule has 0 N–H and O–H groups in total. The fourth-order valence-electron chi connectivity index (χ4n) is 1.37. The average Bonchev–Trinajstić information content (AvgIpc) is 2.06. The first kappa shape index (κ1) is 11.5. The van der Waals surface area contributed by atoms with Crippen molar-refractivity contribution in [1.29, 1.82) is 0 Å². The van der Waals surface area contributed by atoms with Crippen LogP contribution in [0.3, 0.4) is 0 Å². The van der Waals surface area contributed by atoms with Crippen molar-refractivity contribution in [1.82, 2.24) is 0 Å². The summed E-state index contributed by atoms with van der Waals surface area (Å²) in [6.45, 7) is 9.78. The third-order valence-electron chi connectivity index (χ3n) is 2.21. The zero-order valence-electron chi connectivity index (χ0n) is 8.39. The van der Waals surface area contributed by atoms with Crippen LogP contribution in [0.2, 0.25) is 0 Å². The minimum Gasteiger partial charge on any atom is -0.103 e. The van der Waals surface area contributed by atoms with Crippen molar-refractivity contribution in [3.8, 4) is 0 Å². The first-order valence-electron chi connectivity index (χ1n) is 5.03. The maximum absolute atomic E-state index is 3.72. The van der Waals surface area contributed by atoms with Gasteiger partial charge in [-0.2, -0.15) is 0 Å². The molecule has 0 rings (SSSR count). The van der Waals surface area contributed by atoms with E-state index in [1.165, 1.54) is 38.5 Å². The molecule has 0 aromatic rings. The third-order valence-corrected chi connectivity index (χ3v) is 2.21. The monoisotopic (exact) mass is 166 g/mol. The van der Waals surface area contributed by atoms with Crippen molar-refractivity contribution in [3.05, 3.63) is 25.3 Å². The Bertz CT molecular complexity index is 99.2. The van der Waals surface area contributed by atoms with Crippen molar-refractivity contribution >= 4 is 0 Å². The minimum atomic E-state index is 0.880. The van der Waals surface area contributed by atoms with E-state index >= 15 is 0 Å². The molecule has 0 aliphatic carbocycles. The summed E-state index contributed by atoms with van der Waals surface area (Å²) in [4.78, 5) is 0. The summed E-state index contributed by atoms with van der Waals surface area (Å²) in [6, 6.07) is 0. The van der Waals surface area contributed by atoms with Gasteiger partial charge in [-0.1, -0.05) is 31.9 Å². The van der Waals surface area contributed by atoms with Crippen LogP contribution in [-0.2, 0) is 0 Å². The molecular formula is C12H22. The third kappa shape index (κ3) is 7.59. The summed E-state index contributed by atoms with van der Waals surface area (Å²) in [5.74, 6) is 0.880. The summed E-state index contributed by atoms with van der Waals surface area (Å²) in [5, 5.41) is 0. The van der Waals surface area contributed by atoms with Gasteiger partial charge < -0.3 is 0 Å². The Balaban J connectivity index is 3.14. The van der Waals surface area contributed by atoms with Crippen LogP contribution in [0.25, 0.3) is 0 Å². The quantitative estimate of drug-likeness (QED) is 0.372. The van der Waals surface area contributed by atoms with Gasteiger partial charge in [-0.15, -0.1) is 13.2 Å². The number of unbranched alkanes of at least 4 members (excludes halogenated alkanes) is 2. The number of allylic oxidation sites excluding steroid dienone is 2. The minimum absolute atomic E-state index is 0.880. The van der Waals surface area contributed by atoms with Crippen LogP contribution in [0.15, 0.2) is 25.3 Å². The molecule has 0 heterocycles. The molecular weight excluding hydrogens is 144 g/mol. The van der Waals surface area contributed by atoms with Crippen molar-refractivity contribution < 1.29 is 0 Å². The van der Waals surface area contributed by atoms with Crippen molar-refractivity contribution in [2.75, 3.05) is 0 Å². The lowest BCUT2D eigenvalue weighted by Crippen LogP contribution is -1.93. The van der Waals surface area contributed by atoms with E-state index in [9.17, 15) is 0 Å². The molecule has 0 heteroatoms. The Morgan fingerprint density at radius 1 is 1.00 bits per heavy atom. The number of rotatable bonds is 8. The Kier molecular flexibility index (Phi) is 8.20. The second-order valence-corrected chi connectivity index (χ2v) is 3.54. The molecule has 0 atom stereocenters. The van der Waals surface area contributed by atoms with Crippen LogP contribution in [-0.4, -0.2) is 0 Å². The van der Waals surface area contributed by atoms with E-state index in [0.29, 0.717) is 0 Å². The van der Waals surface area contributed by atoms with Crippen LogP contribution in [0.4, 0.5) is 0 Å².